The van der Waals surface area contributed by atoms with Crippen molar-refractivity contribution in [2.24, 2.45) is 11.7 Å². The smallest absolute Gasteiger partial charge is 0.140 e. The molecular formula is C13H17N3O. The summed E-state index contributed by atoms with van der Waals surface area (Å²) in [4.78, 5) is 6.83. The van der Waals surface area contributed by atoms with Gasteiger partial charge in [0.1, 0.15) is 11.4 Å². The molecule has 0 aromatic carbocycles. The van der Waals surface area contributed by atoms with Crippen LogP contribution in [-0.2, 0) is 0 Å². The maximum Gasteiger partial charge on any atom is 0.140 e. The minimum atomic E-state index is 0.392. The van der Waals surface area contributed by atoms with Crippen LogP contribution >= 0.6 is 0 Å². The largest absolute Gasteiger partial charge is 0.464 e. The third kappa shape index (κ3) is 1.60. The number of fused-ring (bicyclic) bond motifs is 1. The van der Waals surface area contributed by atoms with E-state index in [1.54, 1.807) is 12.5 Å². The van der Waals surface area contributed by atoms with Gasteiger partial charge in [0.2, 0.25) is 0 Å². The molecule has 2 atom stereocenters. The van der Waals surface area contributed by atoms with Gasteiger partial charge in [-0.05, 0) is 24.5 Å². The lowest BCUT2D eigenvalue weighted by Crippen LogP contribution is -2.38. The molecule has 17 heavy (non-hydrogen) atoms. The molecule has 0 amide bonds. The molecule has 1 aliphatic rings. The van der Waals surface area contributed by atoms with Crippen LogP contribution in [-0.4, -0.2) is 24.1 Å². The Kier molecular flexibility index (Phi) is 2.52. The topological polar surface area (TPSA) is 55.3 Å². The molecule has 1 aliphatic heterocycles. The summed E-state index contributed by atoms with van der Waals surface area (Å²) in [6, 6.07) is 4.27. The second-order valence-corrected chi connectivity index (χ2v) is 4.73. The van der Waals surface area contributed by atoms with Crippen molar-refractivity contribution in [3.63, 3.8) is 0 Å². The summed E-state index contributed by atoms with van der Waals surface area (Å²) in [7, 11) is 0. The van der Waals surface area contributed by atoms with Gasteiger partial charge in [0.25, 0.3) is 0 Å². The maximum atomic E-state index is 5.88. The lowest BCUT2D eigenvalue weighted by Gasteiger charge is -2.27. The highest BCUT2D eigenvalue weighted by Crippen LogP contribution is 2.32. The molecule has 1 fully saturated rings. The quantitative estimate of drug-likeness (QED) is 0.859. The fourth-order valence-corrected chi connectivity index (χ4v) is 2.74. The standard InChI is InChI=1S/C13H17N3O/c1-9-3-6-16(11(9)8-14)13-10-4-7-17-12(10)2-5-15-13/h2,4-5,7,9,11H,3,6,8,14H2,1H3. The Labute approximate surface area is 100 Å². The van der Waals surface area contributed by atoms with Gasteiger partial charge >= 0.3 is 0 Å². The second-order valence-electron chi connectivity index (χ2n) is 4.73. The molecule has 2 unspecified atom stereocenters. The average Bonchev–Trinajstić information content (AvgIpc) is 2.94. The van der Waals surface area contributed by atoms with Crippen molar-refractivity contribution in [3.8, 4) is 0 Å². The number of hydrogen-bond acceptors (Lipinski definition) is 4. The van der Waals surface area contributed by atoms with Crippen LogP contribution < -0.4 is 10.6 Å². The molecule has 2 N–H and O–H groups in total. The summed E-state index contributed by atoms with van der Waals surface area (Å²) < 4.78 is 5.42. The molecule has 3 heterocycles. The van der Waals surface area contributed by atoms with E-state index in [2.05, 4.69) is 16.8 Å². The van der Waals surface area contributed by atoms with Crippen molar-refractivity contribution in [1.82, 2.24) is 4.98 Å². The first-order valence-electron chi connectivity index (χ1n) is 6.10. The lowest BCUT2D eigenvalue weighted by atomic mass is 10.0. The molecule has 2 aromatic rings. The van der Waals surface area contributed by atoms with Crippen LogP contribution in [0.2, 0.25) is 0 Å². The van der Waals surface area contributed by atoms with E-state index in [1.807, 2.05) is 12.1 Å². The maximum absolute atomic E-state index is 5.88. The number of furan rings is 1. The van der Waals surface area contributed by atoms with Crippen molar-refractivity contribution in [2.75, 3.05) is 18.0 Å². The number of nitrogens with zero attached hydrogens (tertiary/aromatic N) is 2. The van der Waals surface area contributed by atoms with Crippen molar-refractivity contribution >= 4 is 16.8 Å². The Hall–Kier alpha value is -1.55. The Bertz CT molecular complexity index is 522. The van der Waals surface area contributed by atoms with Crippen molar-refractivity contribution < 1.29 is 4.42 Å². The minimum absolute atomic E-state index is 0.392. The van der Waals surface area contributed by atoms with Gasteiger partial charge in [-0.15, -0.1) is 0 Å². The number of hydrogen-bond donors (Lipinski definition) is 1. The van der Waals surface area contributed by atoms with Crippen LogP contribution in [0.25, 0.3) is 11.0 Å². The number of nitrogens with two attached hydrogens (primary N) is 1. The van der Waals surface area contributed by atoms with Crippen molar-refractivity contribution in [3.05, 3.63) is 24.6 Å². The Morgan fingerprint density at radius 3 is 3.24 bits per heavy atom. The molecule has 1 saturated heterocycles. The fraction of sp³-hybridized carbons (Fsp3) is 0.462. The van der Waals surface area contributed by atoms with Gasteiger partial charge in [-0.1, -0.05) is 6.92 Å². The van der Waals surface area contributed by atoms with Gasteiger partial charge in [-0.2, -0.15) is 0 Å². The third-order valence-electron chi connectivity index (χ3n) is 3.75. The van der Waals surface area contributed by atoms with E-state index in [0.29, 0.717) is 18.5 Å². The number of pyridine rings is 1. The highest BCUT2D eigenvalue weighted by molar-refractivity contribution is 5.88. The van der Waals surface area contributed by atoms with Crippen LogP contribution in [0.1, 0.15) is 13.3 Å². The van der Waals surface area contributed by atoms with Gasteiger partial charge in [0.05, 0.1) is 11.6 Å². The summed E-state index contributed by atoms with van der Waals surface area (Å²) in [5.74, 6) is 1.64. The first kappa shape index (κ1) is 10.6. The summed E-state index contributed by atoms with van der Waals surface area (Å²) in [6.07, 6.45) is 4.70. The Morgan fingerprint density at radius 2 is 2.41 bits per heavy atom. The molecule has 0 aliphatic carbocycles. The molecule has 0 bridgehead atoms. The van der Waals surface area contributed by atoms with Gasteiger partial charge < -0.3 is 15.1 Å². The van der Waals surface area contributed by atoms with Crippen LogP contribution in [0.4, 0.5) is 5.82 Å². The normalized spacial score (nSPS) is 24.7. The monoisotopic (exact) mass is 231 g/mol. The van der Waals surface area contributed by atoms with Gasteiger partial charge in [-0.3, -0.25) is 0 Å². The highest BCUT2D eigenvalue weighted by Gasteiger charge is 2.31. The van der Waals surface area contributed by atoms with E-state index >= 15 is 0 Å². The van der Waals surface area contributed by atoms with E-state index in [0.717, 1.165) is 23.3 Å². The predicted molar refractivity (Wildman–Crippen MR) is 68.0 cm³/mol. The summed E-state index contributed by atoms with van der Waals surface area (Å²) in [6.45, 7) is 3.96. The molecule has 0 spiro atoms. The predicted octanol–water partition coefficient (Wildman–Crippen LogP) is 2.00. The molecule has 3 rings (SSSR count). The number of rotatable bonds is 2. The molecule has 0 radical (unpaired) electrons. The minimum Gasteiger partial charge on any atom is -0.464 e. The van der Waals surface area contributed by atoms with Gasteiger partial charge in [0, 0.05) is 25.3 Å². The summed E-state index contributed by atoms with van der Waals surface area (Å²) in [5.41, 5.74) is 6.77. The molecule has 4 nitrogen and oxygen atoms in total. The number of anilines is 1. The molecular weight excluding hydrogens is 214 g/mol. The SMILES string of the molecule is CC1CCN(c2nccc3occc23)C1CN. The third-order valence-corrected chi connectivity index (χ3v) is 3.75. The average molecular weight is 231 g/mol. The first-order chi connectivity index (χ1) is 8.31. The fourth-order valence-electron chi connectivity index (χ4n) is 2.74. The van der Waals surface area contributed by atoms with Crippen LogP contribution in [0.15, 0.2) is 29.0 Å². The molecule has 0 saturated carbocycles. The first-order valence-corrected chi connectivity index (χ1v) is 6.10. The second kappa shape index (κ2) is 4.04. The molecule has 2 aromatic heterocycles. The Balaban J connectivity index is 2.06. The van der Waals surface area contributed by atoms with E-state index in [4.69, 9.17) is 10.2 Å². The van der Waals surface area contributed by atoms with Gasteiger partial charge in [0.15, 0.2) is 0 Å². The van der Waals surface area contributed by atoms with E-state index in [9.17, 15) is 0 Å². The number of aromatic nitrogens is 1. The summed E-state index contributed by atoms with van der Waals surface area (Å²) in [5, 5.41) is 1.08. The highest BCUT2D eigenvalue weighted by atomic mass is 16.3. The molecule has 4 heteroatoms. The van der Waals surface area contributed by atoms with Crippen molar-refractivity contribution in [1.29, 1.82) is 0 Å². The van der Waals surface area contributed by atoms with Crippen LogP contribution in [0.5, 0.6) is 0 Å². The lowest BCUT2D eigenvalue weighted by molar-refractivity contribution is 0.518. The molecule has 90 valence electrons. The zero-order valence-electron chi connectivity index (χ0n) is 9.97. The van der Waals surface area contributed by atoms with Crippen molar-refractivity contribution in [2.45, 2.75) is 19.4 Å². The zero-order chi connectivity index (χ0) is 11.8. The summed E-state index contributed by atoms with van der Waals surface area (Å²) >= 11 is 0. The van der Waals surface area contributed by atoms with E-state index in [1.165, 1.54) is 6.42 Å². The van der Waals surface area contributed by atoms with E-state index in [-0.39, 0.29) is 0 Å². The van der Waals surface area contributed by atoms with Crippen LogP contribution in [0, 0.1) is 5.92 Å². The zero-order valence-corrected chi connectivity index (χ0v) is 9.97. The van der Waals surface area contributed by atoms with Gasteiger partial charge in [-0.25, -0.2) is 4.98 Å². The van der Waals surface area contributed by atoms with Crippen LogP contribution in [0.3, 0.4) is 0 Å². The van der Waals surface area contributed by atoms with E-state index < -0.39 is 0 Å². The Morgan fingerprint density at radius 1 is 1.53 bits per heavy atom.